The van der Waals surface area contributed by atoms with E-state index in [-0.39, 0.29) is 6.10 Å². The Labute approximate surface area is 97.4 Å². The maximum atomic E-state index is 5.77. The monoisotopic (exact) mass is 220 g/mol. The van der Waals surface area contributed by atoms with Gasteiger partial charge in [-0.2, -0.15) is 0 Å². The molecule has 0 aliphatic carbocycles. The maximum absolute atomic E-state index is 5.77. The third kappa shape index (κ3) is 2.74. The van der Waals surface area contributed by atoms with Crippen LogP contribution in [0.3, 0.4) is 0 Å². The van der Waals surface area contributed by atoms with Crippen molar-refractivity contribution >= 4 is 5.69 Å². The Kier molecular flexibility index (Phi) is 3.80. The summed E-state index contributed by atoms with van der Waals surface area (Å²) in [5.74, 6) is 0. The van der Waals surface area contributed by atoms with Gasteiger partial charge in [-0.05, 0) is 31.7 Å². The highest BCUT2D eigenvalue weighted by Crippen LogP contribution is 2.22. The van der Waals surface area contributed by atoms with Gasteiger partial charge in [-0.25, -0.2) is 0 Å². The second-order valence-electron chi connectivity index (χ2n) is 4.27. The van der Waals surface area contributed by atoms with Crippen LogP contribution in [0.4, 0.5) is 5.69 Å². The molecule has 1 aliphatic rings. The van der Waals surface area contributed by atoms with E-state index in [0.717, 1.165) is 26.2 Å². The number of benzene rings is 1. The first-order chi connectivity index (χ1) is 7.79. The molecule has 1 aromatic carbocycles. The van der Waals surface area contributed by atoms with Crippen LogP contribution < -0.4 is 5.32 Å². The van der Waals surface area contributed by atoms with E-state index in [4.69, 9.17) is 4.74 Å². The summed E-state index contributed by atoms with van der Waals surface area (Å²) in [4.78, 5) is 2.31. The van der Waals surface area contributed by atoms with E-state index in [0.29, 0.717) is 0 Å². The van der Waals surface area contributed by atoms with Gasteiger partial charge in [0, 0.05) is 25.3 Å². The number of nitrogens with one attached hydrogen (secondary N) is 1. The Morgan fingerprint density at radius 3 is 2.75 bits per heavy atom. The van der Waals surface area contributed by atoms with Gasteiger partial charge in [0.25, 0.3) is 0 Å². The summed E-state index contributed by atoms with van der Waals surface area (Å²) in [5.41, 5.74) is 2.45. The highest BCUT2D eigenvalue weighted by atomic mass is 16.5. The molecular weight excluding hydrogens is 200 g/mol. The lowest BCUT2D eigenvalue weighted by Gasteiger charge is -2.30. The van der Waals surface area contributed by atoms with Crippen molar-refractivity contribution in [3.8, 4) is 0 Å². The molecular formula is C13H20N2O. The number of morpholine rings is 1. The normalized spacial score (nSPS) is 22.0. The molecule has 1 unspecified atom stereocenters. The second-order valence-corrected chi connectivity index (χ2v) is 4.27. The number of ether oxygens (including phenoxy) is 1. The number of nitrogens with zero attached hydrogens (tertiary/aromatic N) is 1. The molecule has 3 heteroatoms. The van der Waals surface area contributed by atoms with Gasteiger partial charge in [0.05, 0.1) is 12.7 Å². The topological polar surface area (TPSA) is 24.5 Å². The van der Waals surface area contributed by atoms with Crippen LogP contribution >= 0.6 is 0 Å². The summed E-state index contributed by atoms with van der Waals surface area (Å²) in [6.07, 6.45) is 0.231. The lowest BCUT2D eigenvalue weighted by atomic mass is 10.1. The molecule has 3 nitrogen and oxygen atoms in total. The SMILES string of the molecule is CCNc1ccc(C2CN(C)CCO2)cc1. The van der Waals surface area contributed by atoms with Gasteiger partial charge >= 0.3 is 0 Å². The molecule has 0 bridgehead atoms. The minimum atomic E-state index is 0.231. The number of rotatable bonds is 3. The van der Waals surface area contributed by atoms with Crippen molar-refractivity contribution in [3.05, 3.63) is 29.8 Å². The summed E-state index contributed by atoms with van der Waals surface area (Å²) < 4.78 is 5.77. The van der Waals surface area contributed by atoms with Gasteiger partial charge in [-0.3, -0.25) is 0 Å². The Bertz CT molecular complexity index is 323. The lowest BCUT2D eigenvalue weighted by molar-refractivity contribution is -0.0208. The van der Waals surface area contributed by atoms with Crippen LogP contribution in [0.25, 0.3) is 0 Å². The third-order valence-corrected chi connectivity index (χ3v) is 2.93. The van der Waals surface area contributed by atoms with E-state index in [1.807, 2.05) is 0 Å². The average Bonchev–Trinajstić information content (AvgIpc) is 2.30. The predicted molar refractivity (Wildman–Crippen MR) is 66.8 cm³/mol. The maximum Gasteiger partial charge on any atom is 0.0952 e. The summed E-state index contributed by atoms with van der Waals surface area (Å²) >= 11 is 0. The van der Waals surface area contributed by atoms with Crippen LogP contribution in [0, 0.1) is 0 Å². The molecule has 1 heterocycles. The molecule has 1 fully saturated rings. The van der Waals surface area contributed by atoms with E-state index < -0.39 is 0 Å². The Hall–Kier alpha value is -1.06. The first-order valence-electron chi connectivity index (χ1n) is 5.93. The molecule has 2 rings (SSSR count). The molecule has 88 valence electrons. The van der Waals surface area contributed by atoms with E-state index in [2.05, 4.69) is 48.5 Å². The van der Waals surface area contributed by atoms with Crippen molar-refractivity contribution in [2.45, 2.75) is 13.0 Å². The smallest absolute Gasteiger partial charge is 0.0952 e. The van der Waals surface area contributed by atoms with Crippen LogP contribution in [0.5, 0.6) is 0 Å². The zero-order chi connectivity index (χ0) is 11.4. The minimum Gasteiger partial charge on any atom is -0.385 e. The average molecular weight is 220 g/mol. The van der Waals surface area contributed by atoms with Crippen LogP contribution in [-0.2, 0) is 4.74 Å². The van der Waals surface area contributed by atoms with Gasteiger partial charge in [0.2, 0.25) is 0 Å². The van der Waals surface area contributed by atoms with Crippen molar-refractivity contribution in [2.24, 2.45) is 0 Å². The summed E-state index contributed by atoms with van der Waals surface area (Å²) in [6.45, 7) is 5.91. The minimum absolute atomic E-state index is 0.231. The number of likely N-dealkylation sites (N-methyl/N-ethyl adjacent to an activating group) is 1. The molecule has 0 saturated carbocycles. The quantitative estimate of drug-likeness (QED) is 0.844. The molecule has 1 saturated heterocycles. The molecule has 1 N–H and O–H groups in total. The van der Waals surface area contributed by atoms with Gasteiger partial charge in [0.1, 0.15) is 0 Å². The van der Waals surface area contributed by atoms with E-state index in [9.17, 15) is 0 Å². The summed E-state index contributed by atoms with van der Waals surface area (Å²) in [7, 11) is 2.14. The molecule has 1 atom stereocenters. The van der Waals surface area contributed by atoms with Crippen LogP contribution in [0.1, 0.15) is 18.6 Å². The molecule has 1 aliphatic heterocycles. The molecule has 0 aromatic heterocycles. The zero-order valence-corrected chi connectivity index (χ0v) is 10.1. The van der Waals surface area contributed by atoms with E-state index in [1.165, 1.54) is 11.3 Å². The van der Waals surface area contributed by atoms with Gasteiger partial charge in [-0.1, -0.05) is 12.1 Å². The van der Waals surface area contributed by atoms with E-state index >= 15 is 0 Å². The first kappa shape index (κ1) is 11.4. The van der Waals surface area contributed by atoms with Crippen molar-refractivity contribution in [3.63, 3.8) is 0 Å². The molecule has 1 aromatic rings. The Morgan fingerprint density at radius 2 is 2.12 bits per heavy atom. The second kappa shape index (κ2) is 5.32. The highest BCUT2D eigenvalue weighted by Gasteiger charge is 2.18. The largest absolute Gasteiger partial charge is 0.385 e. The van der Waals surface area contributed by atoms with E-state index in [1.54, 1.807) is 0 Å². The third-order valence-electron chi connectivity index (χ3n) is 2.93. The Balaban J connectivity index is 2.03. The van der Waals surface area contributed by atoms with Crippen molar-refractivity contribution in [2.75, 3.05) is 38.6 Å². The van der Waals surface area contributed by atoms with Gasteiger partial charge in [0.15, 0.2) is 0 Å². The standard InChI is InChI=1S/C13H20N2O/c1-3-14-12-6-4-11(5-7-12)13-10-15(2)8-9-16-13/h4-7,13-14H,3,8-10H2,1-2H3. The summed E-state index contributed by atoms with van der Waals surface area (Å²) in [6, 6.07) is 8.55. The number of hydrogen-bond donors (Lipinski definition) is 1. The number of hydrogen-bond acceptors (Lipinski definition) is 3. The fraction of sp³-hybridized carbons (Fsp3) is 0.538. The highest BCUT2D eigenvalue weighted by molar-refractivity contribution is 5.44. The van der Waals surface area contributed by atoms with Crippen molar-refractivity contribution in [1.29, 1.82) is 0 Å². The van der Waals surface area contributed by atoms with Gasteiger partial charge < -0.3 is 15.0 Å². The predicted octanol–water partition coefficient (Wildman–Crippen LogP) is 2.12. The van der Waals surface area contributed by atoms with Crippen LogP contribution in [0.15, 0.2) is 24.3 Å². The first-order valence-corrected chi connectivity index (χ1v) is 5.93. The Morgan fingerprint density at radius 1 is 1.38 bits per heavy atom. The van der Waals surface area contributed by atoms with Crippen LogP contribution in [-0.4, -0.2) is 38.2 Å². The molecule has 0 radical (unpaired) electrons. The molecule has 16 heavy (non-hydrogen) atoms. The fourth-order valence-corrected chi connectivity index (χ4v) is 2.00. The molecule has 0 amide bonds. The zero-order valence-electron chi connectivity index (χ0n) is 10.1. The van der Waals surface area contributed by atoms with Crippen LogP contribution in [0.2, 0.25) is 0 Å². The lowest BCUT2D eigenvalue weighted by Crippen LogP contribution is -2.35. The van der Waals surface area contributed by atoms with Crippen molar-refractivity contribution in [1.82, 2.24) is 4.90 Å². The summed E-state index contributed by atoms with van der Waals surface area (Å²) in [5, 5.41) is 3.30. The fourth-order valence-electron chi connectivity index (χ4n) is 2.00. The van der Waals surface area contributed by atoms with Gasteiger partial charge in [-0.15, -0.1) is 0 Å². The van der Waals surface area contributed by atoms with Crippen molar-refractivity contribution < 1.29 is 4.74 Å². The number of anilines is 1. The molecule has 0 spiro atoms.